The van der Waals surface area contributed by atoms with E-state index in [2.05, 4.69) is 15.5 Å². The van der Waals surface area contributed by atoms with Gasteiger partial charge in [-0.2, -0.15) is 36.6 Å². The summed E-state index contributed by atoms with van der Waals surface area (Å²) in [4.78, 5) is 51.3. The Morgan fingerprint density at radius 1 is 0.653 bits per heavy atom. The van der Waals surface area contributed by atoms with Crippen LogP contribution in [0.4, 0.5) is 43.4 Å². The smallest absolute Gasteiger partial charge is 0.416 e. The first kappa shape index (κ1) is 35.8. The Hall–Kier alpha value is -6.06. The number of azo groups is 1. The minimum atomic E-state index is -4.89. The van der Waals surface area contributed by atoms with Crippen molar-refractivity contribution in [2.75, 3.05) is 5.32 Å². The van der Waals surface area contributed by atoms with Gasteiger partial charge in [0.2, 0.25) is 12.2 Å². The van der Waals surface area contributed by atoms with E-state index in [0.717, 1.165) is 29.8 Å². The van der Waals surface area contributed by atoms with Gasteiger partial charge in [-0.15, -0.1) is 0 Å². The van der Waals surface area contributed by atoms with E-state index in [9.17, 15) is 50.6 Å². The van der Waals surface area contributed by atoms with Crippen LogP contribution in [-0.4, -0.2) is 41.1 Å². The predicted octanol–water partition coefficient (Wildman–Crippen LogP) is 7.92. The lowest BCUT2D eigenvalue weighted by molar-refractivity contribution is -0.157. The van der Waals surface area contributed by atoms with E-state index in [4.69, 9.17) is 9.47 Å². The molecule has 0 saturated heterocycles. The van der Waals surface area contributed by atoms with E-state index in [1.165, 1.54) is 24.3 Å². The second kappa shape index (κ2) is 14.8. The number of anilines is 1. The number of carboxylic acid groups (broad SMARTS) is 1. The van der Waals surface area contributed by atoms with Gasteiger partial charge in [0.1, 0.15) is 0 Å². The van der Waals surface area contributed by atoms with Crippen LogP contribution in [0, 0.1) is 6.92 Å². The Balaban J connectivity index is 1.61. The molecule has 1 amide bonds. The standard InChI is InChI=1S/C33H23F6N3O7/c1-18-8-10-24(11-9-18)41-42-25-14-12-23(13-15-25)40-28(43)26(48-30(46)19-4-2-6-21(16-19)32(34,35)36)27(29(44)45)49-31(47)20-5-3-7-22(17-20)33(37,38)39/h2-17,26-27H,1H3,(H,40,43)(H,44,45)/t26-,27-/m1/s1. The van der Waals surface area contributed by atoms with Crippen LogP contribution >= 0.6 is 0 Å². The normalized spacial score (nSPS) is 13.0. The molecule has 0 aromatic heterocycles. The first-order chi connectivity index (χ1) is 23.0. The molecule has 10 nitrogen and oxygen atoms in total. The van der Waals surface area contributed by atoms with Crippen molar-refractivity contribution in [2.24, 2.45) is 10.2 Å². The molecular weight excluding hydrogens is 664 g/mol. The summed E-state index contributed by atoms with van der Waals surface area (Å²) in [5, 5.41) is 20.2. The number of hydrogen-bond donors (Lipinski definition) is 2. The molecule has 254 valence electrons. The van der Waals surface area contributed by atoms with Crippen LogP contribution in [0.25, 0.3) is 0 Å². The number of amides is 1. The highest BCUT2D eigenvalue weighted by Gasteiger charge is 2.42. The number of aryl methyl sites for hydroxylation is 1. The summed E-state index contributed by atoms with van der Waals surface area (Å²) in [6.07, 6.45) is -15.0. The van der Waals surface area contributed by atoms with Gasteiger partial charge in [-0.25, -0.2) is 14.4 Å². The second-order valence-electron chi connectivity index (χ2n) is 10.2. The fourth-order valence-electron chi connectivity index (χ4n) is 4.06. The molecule has 2 atom stereocenters. The van der Waals surface area contributed by atoms with Crippen molar-refractivity contribution in [2.45, 2.75) is 31.5 Å². The maximum absolute atomic E-state index is 13.4. The molecule has 49 heavy (non-hydrogen) atoms. The van der Waals surface area contributed by atoms with Crippen LogP contribution < -0.4 is 5.32 Å². The number of rotatable bonds is 10. The highest BCUT2D eigenvalue weighted by atomic mass is 19.4. The first-order valence-corrected chi connectivity index (χ1v) is 13.9. The molecular formula is C33H23F6N3O7. The van der Waals surface area contributed by atoms with Crippen molar-refractivity contribution in [1.82, 2.24) is 0 Å². The third-order valence-corrected chi connectivity index (χ3v) is 6.55. The van der Waals surface area contributed by atoms with Gasteiger partial charge in [-0.05, 0) is 79.7 Å². The van der Waals surface area contributed by atoms with Gasteiger partial charge in [0.15, 0.2) is 0 Å². The third kappa shape index (κ3) is 9.73. The zero-order chi connectivity index (χ0) is 35.9. The van der Waals surface area contributed by atoms with E-state index in [-0.39, 0.29) is 5.69 Å². The highest BCUT2D eigenvalue weighted by molar-refractivity contribution is 6.01. The molecule has 0 spiro atoms. The van der Waals surface area contributed by atoms with Gasteiger partial charge < -0.3 is 19.9 Å². The molecule has 0 aliphatic heterocycles. The lowest BCUT2D eigenvalue weighted by atomic mass is 10.1. The molecule has 4 rings (SSSR count). The van der Waals surface area contributed by atoms with E-state index in [0.29, 0.717) is 35.6 Å². The van der Waals surface area contributed by atoms with Gasteiger partial charge >= 0.3 is 30.3 Å². The first-order valence-electron chi connectivity index (χ1n) is 13.9. The summed E-state index contributed by atoms with van der Waals surface area (Å²) in [6.45, 7) is 1.89. The Kier molecular flexibility index (Phi) is 10.8. The summed E-state index contributed by atoms with van der Waals surface area (Å²) in [5.74, 6) is -6.75. The minimum Gasteiger partial charge on any atom is -0.478 e. The SMILES string of the molecule is Cc1ccc(N=Nc2ccc(NC(=O)[C@H](OC(=O)c3cccc(C(F)(F)F)c3)[C@@H](OC(=O)c3cccc(C(F)(F)F)c3)C(=O)O)cc2)cc1. The topological polar surface area (TPSA) is 144 Å². The van der Waals surface area contributed by atoms with Crippen LogP contribution in [0.5, 0.6) is 0 Å². The molecule has 4 aromatic carbocycles. The van der Waals surface area contributed by atoms with Gasteiger partial charge in [-0.3, -0.25) is 4.79 Å². The van der Waals surface area contributed by atoms with Crippen LogP contribution in [-0.2, 0) is 31.4 Å². The fraction of sp³-hybridized carbons (Fsp3) is 0.152. The fourth-order valence-corrected chi connectivity index (χ4v) is 4.06. The molecule has 0 radical (unpaired) electrons. The zero-order valence-electron chi connectivity index (χ0n) is 25.0. The number of aliphatic carboxylic acids is 1. The Morgan fingerprint density at radius 2 is 1.08 bits per heavy atom. The van der Waals surface area contributed by atoms with Gasteiger partial charge in [-0.1, -0.05) is 29.8 Å². The number of carbonyl (C=O) groups is 4. The number of carboxylic acids is 1. The maximum atomic E-state index is 13.4. The van der Waals surface area contributed by atoms with E-state index >= 15 is 0 Å². The number of esters is 2. The molecule has 0 aliphatic carbocycles. The zero-order valence-corrected chi connectivity index (χ0v) is 25.0. The lowest BCUT2D eigenvalue weighted by Gasteiger charge is -2.24. The molecule has 0 unspecified atom stereocenters. The molecule has 2 N–H and O–H groups in total. The van der Waals surface area contributed by atoms with E-state index in [1.54, 1.807) is 12.1 Å². The monoisotopic (exact) mass is 687 g/mol. The van der Waals surface area contributed by atoms with Crippen LogP contribution in [0.3, 0.4) is 0 Å². The molecule has 16 heteroatoms. The molecule has 4 aromatic rings. The van der Waals surface area contributed by atoms with Crippen LogP contribution in [0.15, 0.2) is 107 Å². The van der Waals surface area contributed by atoms with Crippen molar-refractivity contribution in [3.8, 4) is 0 Å². The minimum absolute atomic E-state index is 0.0206. The molecule has 0 heterocycles. The lowest BCUT2D eigenvalue weighted by Crippen LogP contribution is -2.48. The van der Waals surface area contributed by atoms with E-state index in [1.807, 2.05) is 19.1 Å². The summed E-state index contributed by atoms with van der Waals surface area (Å²) >= 11 is 0. The van der Waals surface area contributed by atoms with E-state index < -0.39 is 70.6 Å². The Morgan fingerprint density at radius 3 is 1.51 bits per heavy atom. The number of alkyl halides is 6. The number of ether oxygens (including phenoxy) is 2. The largest absolute Gasteiger partial charge is 0.478 e. The highest BCUT2D eigenvalue weighted by Crippen LogP contribution is 2.31. The quantitative estimate of drug-likeness (QED) is 0.0979. The summed E-state index contributed by atoms with van der Waals surface area (Å²) < 4.78 is 89.2. The third-order valence-electron chi connectivity index (χ3n) is 6.55. The summed E-state index contributed by atoms with van der Waals surface area (Å²) in [7, 11) is 0. The average molecular weight is 688 g/mol. The van der Waals surface area contributed by atoms with Crippen LogP contribution in [0.2, 0.25) is 0 Å². The Labute approximate surface area is 273 Å². The summed E-state index contributed by atoms with van der Waals surface area (Å²) in [5.41, 5.74) is -2.20. The average Bonchev–Trinajstić information content (AvgIpc) is 3.05. The number of nitrogens with zero attached hydrogens (tertiary/aromatic N) is 2. The van der Waals surface area contributed by atoms with Crippen molar-refractivity contribution in [1.29, 1.82) is 0 Å². The second-order valence-corrected chi connectivity index (χ2v) is 10.2. The number of halogens is 6. The van der Waals surface area contributed by atoms with Crippen molar-refractivity contribution in [3.05, 3.63) is 125 Å². The van der Waals surface area contributed by atoms with Crippen molar-refractivity contribution >= 4 is 40.9 Å². The number of nitrogens with one attached hydrogen (secondary N) is 1. The molecule has 0 fully saturated rings. The van der Waals surface area contributed by atoms with Gasteiger partial charge in [0.25, 0.3) is 5.91 Å². The maximum Gasteiger partial charge on any atom is 0.416 e. The molecule has 0 aliphatic rings. The molecule has 0 saturated carbocycles. The molecule has 0 bridgehead atoms. The number of carbonyl (C=O) groups excluding carboxylic acids is 3. The predicted molar refractivity (Wildman–Crippen MR) is 159 cm³/mol. The number of hydrogen-bond acceptors (Lipinski definition) is 8. The van der Waals surface area contributed by atoms with Gasteiger partial charge in [0, 0.05) is 5.69 Å². The van der Waals surface area contributed by atoms with Crippen molar-refractivity contribution < 1.29 is 60.1 Å². The number of benzene rings is 4. The van der Waals surface area contributed by atoms with Crippen LogP contribution in [0.1, 0.15) is 37.4 Å². The Bertz CT molecular complexity index is 1880. The van der Waals surface area contributed by atoms with Gasteiger partial charge in [0.05, 0.1) is 33.6 Å². The van der Waals surface area contributed by atoms with Crippen molar-refractivity contribution in [3.63, 3.8) is 0 Å². The summed E-state index contributed by atoms with van der Waals surface area (Å²) in [6, 6.07) is 18.0.